The summed E-state index contributed by atoms with van der Waals surface area (Å²) in [6.07, 6.45) is 2.99. The molecule has 0 aliphatic heterocycles. The lowest BCUT2D eigenvalue weighted by Gasteiger charge is -2.08. The first-order valence-electron chi connectivity index (χ1n) is 8.82. The molecule has 0 radical (unpaired) electrons. The Balaban J connectivity index is 1.72. The van der Waals surface area contributed by atoms with E-state index in [0.29, 0.717) is 28.2 Å². The summed E-state index contributed by atoms with van der Waals surface area (Å²) in [5.74, 6) is 0.514. The summed E-state index contributed by atoms with van der Waals surface area (Å²) in [7, 11) is 1.58. The summed E-state index contributed by atoms with van der Waals surface area (Å²) in [6, 6.07) is 21.5. The van der Waals surface area contributed by atoms with Crippen molar-refractivity contribution in [2.75, 3.05) is 7.11 Å². The number of aryl methyl sites for hydroxylation is 1. The van der Waals surface area contributed by atoms with Crippen LogP contribution < -0.4 is 9.47 Å². The monoisotopic (exact) mass is 372 g/mol. The van der Waals surface area contributed by atoms with Crippen molar-refractivity contribution in [1.82, 2.24) is 0 Å². The summed E-state index contributed by atoms with van der Waals surface area (Å²) < 4.78 is 10.7. The SMILES string of the molecule is COc1ccccc1/C=C/C(=O)Oc1ccc(C(=O)c2ccccc2)cc1C. The average molecular weight is 372 g/mol. The molecule has 0 atom stereocenters. The van der Waals surface area contributed by atoms with Crippen molar-refractivity contribution in [2.45, 2.75) is 6.92 Å². The molecule has 0 aliphatic rings. The summed E-state index contributed by atoms with van der Waals surface area (Å²) in [4.78, 5) is 24.7. The molecular formula is C24H20O4. The molecule has 0 amide bonds. The number of para-hydroxylation sites is 1. The lowest BCUT2D eigenvalue weighted by Crippen LogP contribution is -2.06. The topological polar surface area (TPSA) is 52.6 Å². The Kier molecular flexibility index (Phi) is 6.02. The molecule has 3 aromatic rings. The van der Waals surface area contributed by atoms with Crippen molar-refractivity contribution in [3.05, 3.63) is 101 Å². The van der Waals surface area contributed by atoms with Gasteiger partial charge in [-0.1, -0.05) is 48.5 Å². The van der Waals surface area contributed by atoms with Crippen LogP contribution in [0.15, 0.2) is 78.9 Å². The third kappa shape index (κ3) is 4.54. The van der Waals surface area contributed by atoms with Gasteiger partial charge in [0, 0.05) is 22.8 Å². The van der Waals surface area contributed by atoms with Gasteiger partial charge < -0.3 is 9.47 Å². The van der Waals surface area contributed by atoms with Crippen LogP contribution in [0.2, 0.25) is 0 Å². The molecule has 0 unspecified atom stereocenters. The Morgan fingerprint density at radius 3 is 2.25 bits per heavy atom. The fourth-order valence-electron chi connectivity index (χ4n) is 2.77. The number of carbonyl (C=O) groups is 2. The van der Waals surface area contributed by atoms with E-state index in [1.54, 1.807) is 50.4 Å². The Morgan fingerprint density at radius 1 is 0.821 bits per heavy atom. The van der Waals surface area contributed by atoms with E-state index in [2.05, 4.69) is 0 Å². The zero-order valence-corrected chi connectivity index (χ0v) is 15.7. The molecule has 4 heteroatoms. The van der Waals surface area contributed by atoms with E-state index in [9.17, 15) is 9.59 Å². The van der Waals surface area contributed by atoms with Gasteiger partial charge in [-0.05, 0) is 42.8 Å². The van der Waals surface area contributed by atoms with Crippen molar-refractivity contribution >= 4 is 17.8 Å². The quantitative estimate of drug-likeness (QED) is 0.269. The normalized spacial score (nSPS) is 10.6. The molecular weight excluding hydrogens is 352 g/mol. The predicted molar refractivity (Wildman–Crippen MR) is 109 cm³/mol. The maximum Gasteiger partial charge on any atom is 0.336 e. The van der Waals surface area contributed by atoms with E-state index < -0.39 is 5.97 Å². The molecule has 3 aromatic carbocycles. The molecule has 0 bridgehead atoms. The van der Waals surface area contributed by atoms with Gasteiger partial charge in [0.25, 0.3) is 0 Å². The maximum absolute atomic E-state index is 12.5. The highest BCUT2D eigenvalue weighted by Crippen LogP contribution is 2.22. The Labute approximate surface area is 164 Å². The van der Waals surface area contributed by atoms with Crippen molar-refractivity contribution in [3.8, 4) is 11.5 Å². The molecule has 4 nitrogen and oxygen atoms in total. The molecule has 3 rings (SSSR count). The lowest BCUT2D eigenvalue weighted by molar-refractivity contribution is -0.128. The summed E-state index contributed by atoms with van der Waals surface area (Å²) in [5, 5.41) is 0. The van der Waals surface area contributed by atoms with E-state index in [1.807, 2.05) is 42.5 Å². The van der Waals surface area contributed by atoms with Crippen LogP contribution >= 0.6 is 0 Å². The van der Waals surface area contributed by atoms with Gasteiger partial charge in [0.2, 0.25) is 0 Å². The molecule has 0 saturated carbocycles. The number of hydrogen-bond acceptors (Lipinski definition) is 4. The first-order valence-corrected chi connectivity index (χ1v) is 8.82. The molecule has 0 aromatic heterocycles. The van der Waals surface area contributed by atoms with Crippen LogP contribution in [0.25, 0.3) is 6.08 Å². The second-order valence-electron chi connectivity index (χ2n) is 6.17. The smallest absolute Gasteiger partial charge is 0.336 e. The zero-order chi connectivity index (χ0) is 19.9. The second-order valence-corrected chi connectivity index (χ2v) is 6.17. The predicted octanol–water partition coefficient (Wildman–Crippen LogP) is 4.85. The largest absolute Gasteiger partial charge is 0.496 e. The van der Waals surface area contributed by atoms with Crippen LogP contribution in [-0.2, 0) is 4.79 Å². The summed E-state index contributed by atoms with van der Waals surface area (Å²) >= 11 is 0. The number of methoxy groups -OCH3 is 1. The number of benzene rings is 3. The number of hydrogen-bond donors (Lipinski definition) is 0. The minimum Gasteiger partial charge on any atom is -0.496 e. The van der Waals surface area contributed by atoms with Crippen LogP contribution in [0.3, 0.4) is 0 Å². The van der Waals surface area contributed by atoms with Crippen LogP contribution in [0.1, 0.15) is 27.0 Å². The fourth-order valence-corrected chi connectivity index (χ4v) is 2.77. The van der Waals surface area contributed by atoms with Crippen molar-refractivity contribution in [2.24, 2.45) is 0 Å². The molecule has 140 valence electrons. The number of carbonyl (C=O) groups excluding carboxylic acids is 2. The van der Waals surface area contributed by atoms with Gasteiger partial charge in [0.05, 0.1) is 7.11 Å². The van der Waals surface area contributed by atoms with Crippen LogP contribution in [-0.4, -0.2) is 18.9 Å². The van der Waals surface area contributed by atoms with Crippen LogP contribution in [0.4, 0.5) is 0 Å². The van der Waals surface area contributed by atoms with Gasteiger partial charge in [-0.15, -0.1) is 0 Å². The third-order valence-corrected chi connectivity index (χ3v) is 4.22. The molecule has 0 fully saturated rings. The third-order valence-electron chi connectivity index (χ3n) is 4.22. The van der Waals surface area contributed by atoms with Gasteiger partial charge in [-0.25, -0.2) is 4.79 Å². The standard InChI is InChI=1S/C24H20O4/c1-17-16-20(24(26)19-9-4-3-5-10-19)12-14-21(17)28-23(25)15-13-18-8-6-7-11-22(18)27-2/h3-16H,1-2H3/b15-13+. The molecule has 0 N–H and O–H groups in total. The van der Waals surface area contributed by atoms with Gasteiger partial charge in [0.1, 0.15) is 11.5 Å². The fraction of sp³-hybridized carbons (Fsp3) is 0.0833. The van der Waals surface area contributed by atoms with Gasteiger partial charge >= 0.3 is 5.97 Å². The highest BCUT2D eigenvalue weighted by atomic mass is 16.5. The van der Waals surface area contributed by atoms with Crippen molar-refractivity contribution in [3.63, 3.8) is 0 Å². The number of ether oxygens (including phenoxy) is 2. The summed E-state index contributed by atoms with van der Waals surface area (Å²) in [6.45, 7) is 1.80. The van der Waals surface area contributed by atoms with E-state index in [-0.39, 0.29) is 5.78 Å². The number of rotatable bonds is 6. The number of ketones is 1. The number of esters is 1. The lowest BCUT2D eigenvalue weighted by atomic mass is 10.0. The highest BCUT2D eigenvalue weighted by molar-refractivity contribution is 6.09. The van der Waals surface area contributed by atoms with E-state index in [4.69, 9.17) is 9.47 Å². The van der Waals surface area contributed by atoms with Gasteiger partial charge in [0.15, 0.2) is 5.78 Å². The minimum absolute atomic E-state index is 0.0716. The summed E-state index contributed by atoms with van der Waals surface area (Å²) in [5.41, 5.74) is 2.66. The molecule has 0 saturated heterocycles. The van der Waals surface area contributed by atoms with E-state index in [0.717, 1.165) is 5.56 Å². The zero-order valence-electron chi connectivity index (χ0n) is 15.7. The van der Waals surface area contributed by atoms with Crippen LogP contribution in [0.5, 0.6) is 11.5 Å². The molecule has 0 spiro atoms. The van der Waals surface area contributed by atoms with Crippen molar-refractivity contribution < 1.29 is 19.1 Å². The minimum atomic E-state index is -0.504. The Hall–Kier alpha value is -3.66. The highest BCUT2D eigenvalue weighted by Gasteiger charge is 2.12. The van der Waals surface area contributed by atoms with Gasteiger partial charge in [-0.3, -0.25) is 4.79 Å². The van der Waals surface area contributed by atoms with Crippen molar-refractivity contribution in [1.29, 1.82) is 0 Å². The van der Waals surface area contributed by atoms with Crippen LogP contribution in [0, 0.1) is 6.92 Å². The van der Waals surface area contributed by atoms with E-state index in [1.165, 1.54) is 6.08 Å². The van der Waals surface area contributed by atoms with Gasteiger partial charge in [-0.2, -0.15) is 0 Å². The molecule has 0 aliphatic carbocycles. The van der Waals surface area contributed by atoms with E-state index >= 15 is 0 Å². The first-order chi connectivity index (χ1) is 13.6. The second kappa shape index (κ2) is 8.82. The Morgan fingerprint density at radius 2 is 1.54 bits per heavy atom. The Bertz CT molecular complexity index is 1020. The maximum atomic E-state index is 12.5. The molecule has 28 heavy (non-hydrogen) atoms. The first kappa shape index (κ1) is 19.1. The molecule has 0 heterocycles. The average Bonchev–Trinajstić information content (AvgIpc) is 2.74.